The summed E-state index contributed by atoms with van der Waals surface area (Å²) in [5.41, 5.74) is 4.45. The number of ether oxygens (including phenoxy) is 1. The molecule has 1 aliphatic rings. The van der Waals surface area contributed by atoms with E-state index in [0.29, 0.717) is 17.8 Å². The van der Waals surface area contributed by atoms with Gasteiger partial charge in [-0.1, -0.05) is 17.7 Å². The first-order valence-corrected chi connectivity index (χ1v) is 9.62. The molecule has 1 aliphatic heterocycles. The van der Waals surface area contributed by atoms with Crippen molar-refractivity contribution >= 4 is 23.2 Å². The fourth-order valence-electron chi connectivity index (χ4n) is 3.21. The Balaban J connectivity index is 1.46. The van der Waals surface area contributed by atoms with Crippen molar-refractivity contribution in [2.24, 2.45) is 0 Å². The maximum Gasteiger partial charge on any atom is 0.251 e. The van der Waals surface area contributed by atoms with Crippen molar-refractivity contribution in [2.45, 2.75) is 32.8 Å². The minimum Gasteiger partial charge on any atom is -0.376 e. The molecule has 1 fully saturated rings. The highest BCUT2D eigenvalue weighted by molar-refractivity contribution is 5.96. The Morgan fingerprint density at radius 2 is 1.89 bits per heavy atom. The molecule has 1 saturated heterocycles. The highest BCUT2D eigenvalue weighted by atomic mass is 16.5. The fourth-order valence-corrected chi connectivity index (χ4v) is 3.21. The smallest absolute Gasteiger partial charge is 0.251 e. The third-order valence-corrected chi connectivity index (χ3v) is 4.77. The molecule has 3 rings (SSSR count). The quantitative estimate of drug-likeness (QED) is 0.688. The lowest BCUT2D eigenvalue weighted by atomic mass is 10.1. The van der Waals surface area contributed by atoms with Crippen LogP contribution in [-0.2, 0) is 9.53 Å². The second-order valence-electron chi connectivity index (χ2n) is 7.14. The van der Waals surface area contributed by atoms with Crippen LogP contribution < -0.4 is 16.0 Å². The van der Waals surface area contributed by atoms with E-state index in [9.17, 15) is 9.59 Å². The first-order valence-electron chi connectivity index (χ1n) is 9.62. The molecule has 2 aromatic carbocycles. The number of anilines is 2. The van der Waals surface area contributed by atoms with Gasteiger partial charge in [0.1, 0.15) is 0 Å². The summed E-state index contributed by atoms with van der Waals surface area (Å²) in [6, 6.07) is 12.9. The van der Waals surface area contributed by atoms with Gasteiger partial charge in [-0.3, -0.25) is 9.59 Å². The lowest BCUT2D eigenvalue weighted by molar-refractivity contribution is -0.114. The zero-order valence-corrected chi connectivity index (χ0v) is 16.4. The van der Waals surface area contributed by atoms with Gasteiger partial charge in [-0.05, 0) is 62.6 Å². The molecule has 2 aromatic rings. The molecule has 0 bridgehead atoms. The molecule has 1 atom stereocenters. The highest BCUT2D eigenvalue weighted by Crippen LogP contribution is 2.16. The summed E-state index contributed by atoms with van der Waals surface area (Å²) in [6.45, 7) is 5.52. The normalized spacial score (nSPS) is 15.9. The van der Waals surface area contributed by atoms with Crippen molar-refractivity contribution < 1.29 is 14.3 Å². The van der Waals surface area contributed by atoms with E-state index in [4.69, 9.17) is 4.74 Å². The number of aryl methyl sites for hydroxylation is 2. The van der Waals surface area contributed by atoms with Gasteiger partial charge in [0.2, 0.25) is 5.91 Å². The van der Waals surface area contributed by atoms with Crippen molar-refractivity contribution in [3.05, 3.63) is 59.2 Å². The first-order chi connectivity index (χ1) is 13.5. The van der Waals surface area contributed by atoms with Crippen LogP contribution in [0.1, 0.15) is 34.3 Å². The second kappa shape index (κ2) is 9.37. The molecule has 6 nitrogen and oxygen atoms in total. The van der Waals surface area contributed by atoms with Crippen LogP contribution in [0.5, 0.6) is 0 Å². The highest BCUT2D eigenvalue weighted by Gasteiger charge is 2.16. The second-order valence-corrected chi connectivity index (χ2v) is 7.14. The van der Waals surface area contributed by atoms with Crippen LogP contribution in [0.2, 0.25) is 0 Å². The molecule has 0 saturated carbocycles. The van der Waals surface area contributed by atoms with Gasteiger partial charge in [0, 0.05) is 30.1 Å². The number of hydrogen-bond donors (Lipinski definition) is 3. The van der Waals surface area contributed by atoms with Gasteiger partial charge in [0.15, 0.2) is 0 Å². The van der Waals surface area contributed by atoms with E-state index >= 15 is 0 Å². The van der Waals surface area contributed by atoms with Gasteiger partial charge < -0.3 is 20.7 Å². The van der Waals surface area contributed by atoms with E-state index < -0.39 is 0 Å². The molecule has 1 unspecified atom stereocenters. The lowest BCUT2D eigenvalue weighted by Gasteiger charge is -2.12. The molecule has 2 amide bonds. The molecule has 6 heteroatoms. The number of carbonyl (C=O) groups is 2. The maximum atomic E-state index is 12.2. The zero-order chi connectivity index (χ0) is 19.9. The molecular formula is C22H27N3O3. The SMILES string of the molecule is Cc1ccc(NCC(=O)Nc2ccc(C(=O)NCC3CCCO3)cc2)c(C)c1. The minimum absolute atomic E-state index is 0.118. The Hall–Kier alpha value is -2.86. The standard InChI is InChI=1S/C22H27N3O3/c1-15-5-10-20(16(2)12-15)23-14-21(26)25-18-8-6-17(7-9-18)22(27)24-13-19-4-3-11-28-19/h5-10,12,19,23H,3-4,11,13-14H2,1-2H3,(H,24,27)(H,25,26). The molecule has 3 N–H and O–H groups in total. The van der Waals surface area contributed by atoms with Crippen molar-refractivity contribution in [3.63, 3.8) is 0 Å². The van der Waals surface area contributed by atoms with E-state index in [2.05, 4.69) is 22.0 Å². The summed E-state index contributed by atoms with van der Waals surface area (Å²) in [5.74, 6) is -0.277. The lowest BCUT2D eigenvalue weighted by Crippen LogP contribution is -2.31. The van der Waals surface area contributed by atoms with Crippen LogP contribution in [0, 0.1) is 13.8 Å². The van der Waals surface area contributed by atoms with Gasteiger partial charge in [-0.2, -0.15) is 0 Å². The molecule has 0 radical (unpaired) electrons. The Bertz CT molecular complexity index is 827. The molecule has 28 heavy (non-hydrogen) atoms. The van der Waals surface area contributed by atoms with E-state index in [1.807, 2.05) is 26.0 Å². The molecule has 0 spiro atoms. The number of rotatable bonds is 7. The van der Waals surface area contributed by atoms with Crippen molar-refractivity contribution in [2.75, 3.05) is 30.3 Å². The number of benzene rings is 2. The van der Waals surface area contributed by atoms with Gasteiger partial charge in [-0.25, -0.2) is 0 Å². The Kier molecular flexibility index (Phi) is 6.66. The average Bonchev–Trinajstić information content (AvgIpc) is 3.19. The van der Waals surface area contributed by atoms with Crippen LogP contribution in [0.15, 0.2) is 42.5 Å². The first kappa shape index (κ1) is 19.9. The number of hydrogen-bond acceptors (Lipinski definition) is 4. The molecule has 0 aliphatic carbocycles. The van der Waals surface area contributed by atoms with E-state index in [0.717, 1.165) is 30.7 Å². The van der Waals surface area contributed by atoms with Gasteiger partial charge in [0.05, 0.1) is 12.6 Å². The van der Waals surface area contributed by atoms with Crippen LogP contribution in [0.4, 0.5) is 11.4 Å². The summed E-state index contributed by atoms with van der Waals surface area (Å²) in [4.78, 5) is 24.4. The Labute approximate surface area is 165 Å². The Morgan fingerprint density at radius 3 is 2.57 bits per heavy atom. The molecule has 0 aromatic heterocycles. The summed E-state index contributed by atoms with van der Waals surface area (Å²) in [7, 11) is 0. The third-order valence-electron chi connectivity index (χ3n) is 4.77. The summed E-state index contributed by atoms with van der Waals surface area (Å²) in [6.07, 6.45) is 2.15. The van der Waals surface area contributed by atoms with E-state index in [1.165, 1.54) is 5.56 Å². The minimum atomic E-state index is -0.143. The van der Waals surface area contributed by atoms with Gasteiger partial charge >= 0.3 is 0 Å². The number of nitrogens with one attached hydrogen (secondary N) is 3. The number of amides is 2. The van der Waals surface area contributed by atoms with E-state index in [-0.39, 0.29) is 24.5 Å². The topological polar surface area (TPSA) is 79.5 Å². The summed E-state index contributed by atoms with van der Waals surface area (Å²) < 4.78 is 5.50. The van der Waals surface area contributed by atoms with Gasteiger partial charge in [0.25, 0.3) is 5.91 Å². The molecular weight excluding hydrogens is 354 g/mol. The van der Waals surface area contributed by atoms with Crippen molar-refractivity contribution in [1.29, 1.82) is 0 Å². The predicted octanol–water partition coefficient (Wildman–Crippen LogP) is 3.26. The summed E-state index contributed by atoms with van der Waals surface area (Å²) >= 11 is 0. The van der Waals surface area contributed by atoms with Crippen molar-refractivity contribution in [3.8, 4) is 0 Å². The zero-order valence-electron chi connectivity index (χ0n) is 16.4. The van der Waals surface area contributed by atoms with Crippen LogP contribution >= 0.6 is 0 Å². The fraction of sp³-hybridized carbons (Fsp3) is 0.364. The van der Waals surface area contributed by atoms with Gasteiger partial charge in [-0.15, -0.1) is 0 Å². The average molecular weight is 381 g/mol. The third kappa shape index (κ3) is 5.57. The molecule has 148 valence electrons. The van der Waals surface area contributed by atoms with Crippen LogP contribution in [-0.4, -0.2) is 37.6 Å². The Morgan fingerprint density at radius 1 is 1.11 bits per heavy atom. The largest absolute Gasteiger partial charge is 0.376 e. The van der Waals surface area contributed by atoms with Crippen LogP contribution in [0.25, 0.3) is 0 Å². The van der Waals surface area contributed by atoms with Crippen molar-refractivity contribution in [1.82, 2.24) is 5.32 Å². The van der Waals surface area contributed by atoms with Crippen LogP contribution in [0.3, 0.4) is 0 Å². The predicted molar refractivity (Wildman–Crippen MR) is 111 cm³/mol. The maximum absolute atomic E-state index is 12.2. The molecule has 1 heterocycles. The number of carbonyl (C=O) groups excluding carboxylic acids is 2. The summed E-state index contributed by atoms with van der Waals surface area (Å²) in [5, 5.41) is 8.87. The monoisotopic (exact) mass is 381 g/mol. The van der Waals surface area contributed by atoms with E-state index in [1.54, 1.807) is 24.3 Å².